The van der Waals surface area contributed by atoms with E-state index in [-0.39, 0.29) is 23.4 Å². The summed E-state index contributed by atoms with van der Waals surface area (Å²) in [5, 5.41) is 11.4. The Bertz CT molecular complexity index is 1600. The molecule has 188 valence electrons. The number of rotatable bonds is 4. The third-order valence-electron chi connectivity index (χ3n) is 6.14. The van der Waals surface area contributed by atoms with Gasteiger partial charge in [0, 0.05) is 37.2 Å². The van der Waals surface area contributed by atoms with Gasteiger partial charge in [0.2, 0.25) is 0 Å². The average molecular weight is 504 g/mol. The van der Waals surface area contributed by atoms with Crippen LogP contribution in [0.2, 0.25) is 0 Å². The van der Waals surface area contributed by atoms with Gasteiger partial charge in [-0.25, -0.2) is 18.6 Å². The summed E-state index contributed by atoms with van der Waals surface area (Å²) in [5.41, 5.74) is 7.15. The molecule has 1 atom stereocenters. The number of aromatic nitrogens is 4. The van der Waals surface area contributed by atoms with Crippen molar-refractivity contribution in [2.75, 3.05) is 18.8 Å². The molecule has 1 aliphatic rings. The van der Waals surface area contributed by atoms with E-state index in [0.29, 0.717) is 41.1 Å². The number of H-pyrrole nitrogens is 1. The topological polar surface area (TPSA) is 119 Å². The number of amides is 1. The van der Waals surface area contributed by atoms with Crippen molar-refractivity contribution in [1.82, 2.24) is 24.9 Å². The van der Waals surface area contributed by atoms with Crippen LogP contribution in [0.3, 0.4) is 0 Å². The molecule has 1 saturated heterocycles. The molecule has 4 aromatic rings. The summed E-state index contributed by atoms with van der Waals surface area (Å²) in [6.45, 7) is 2.56. The minimum absolute atomic E-state index is 0.0150. The highest BCUT2D eigenvalue weighted by Crippen LogP contribution is 2.33. The van der Waals surface area contributed by atoms with Gasteiger partial charge in [-0.15, -0.1) is 0 Å². The molecule has 2 aromatic carbocycles. The quantitative estimate of drug-likeness (QED) is 0.411. The Morgan fingerprint density at radius 2 is 1.89 bits per heavy atom. The van der Waals surface area contributed by atoms with Crippen LogP contribution in [0.25, 0.3) is 16.6 Å². The molecule has 0 spiro atoms. The van der Waals surface area contributed by atoms with Crippen molar-refractivity contribution in [2.45, 2.75) is 25.7 Å². The van der Waals surface area contributed by atoms with Crippen molar-refractivity contribution in [3.63, 3.8) is 0 Å². The second kappa shape index (κ2) is 9.73. The van der Waals surface area contributed by atoms with Gasteiger partial charge in [-0.3, -0.25) is 9.59 Å². The second-order valence-electron chi connectivity index (χ2n) is 8.63. The number of nitrogens with one attached hydrogen (secondary N) is 1. The lowest BCUT2D eigenvalue weighted by molar-refractivity contribution is -0.126. The minimum atomic E-state index is -0.750. The summed E-state index contributed by atoms with van der Waals surface area (Å²) in [5.74, 6) is 3.67. The number of nitrogens with zero attached hydrogens (tertiary/aromatic N) is 4. The summed E-state index contributed by atoms with van der Waals surface area (Å²) in [6.07, 6.45) is 1.47. The lowest BCUT2D eigenvalue weighted by atomic mass is 9.93. The number of hydrogen-bond acceptors (Lipinski definition) is 6. The first-order valence-corrected chi connectivity index (χ1v) is 11.6. The highest BCUT2D eigenvalue weighted by atomic mass is 19.1. The molecule has 0 saturated carbocycles. The number of anilines is 1. The number of hydrogen-bond donors (Lipinski definition) is 2. The SMILES string of the molecule is CC#CC(=O)N1CCC[C@@H](c2nn(-c3ccc(Oc4cc(F)cc(F)c4)cc3)c3c(N)n[nH]c(=O)c23)C1. The normalized spacial score (nSPS) is 15.3. The Labute approximate surface area is 209 Å². The fourth-order valence-corrected chi connectivity index (χ4v) is 4.54. The van der Waals surface area contributed by atoms with Crippen molar-refractivity contribution < 1.29 is 18.3 Å². The Kier molecular flexibility index (Phi) is 6.31. The zero-order valence-corrected chi connectivity index (χ0v) is 19.8. The smallest absolute Gasteiger partial charge is 0.298 e. The van der Waals surface area contributed by atoms with E-state index in [2.05, 4.69) is 22.0 Å². The average Bonchev–Trinajstić information content (AvgIpc) is 3.28. The third kappa shape index (κ3) is 4.73. The molecule has 11 heteroatoms. The number of piperidine rings is 1. The van der Waals surface area contributed by atoms with Gasteiger partial charge in [0.1, 0.15) is 28.7 Å². The molecule has 0 aliphatic carbocycles. The maximum absolute atomic E-state index is 13.5. The van der Waals surface area contributed by atoms with Gasteiger partial charge in [-0.2, -0.15) is 10.2 Å². The number of carbonyl (C=O) groups is 1. The van der Waals surface area contributed by atoms with Crippen LogP contribution in [0.15, 0.2) is 47.3 Å². The van der Waals surface area contributed by atoms with Crippen molar-refractivity contribution >= 4 is 22.6 Å². The van der Waals surface area contributed by atoms with Crippen molar-refractivity contribution in [2.24, 2.45) is 0 Å². The Balaban J connectivity index is 1.52. The zero-order chi connectivity index (χ0) is 26.1. The van der Waals surface area contributed by atoms with Crippen LogP contribution in [0.5, 0.6) is 11.5 Å². The molecule has 9 nitrogen and oxygen atoms in total. The number of nitrogens with two attached hydrogens (primary N) is 1. The molecule has 0 bridgehead atoms. The Morgan fingerprint density at radius 3 is 2.59 bits per heavy atom. The van der Waals surface area contributed by atoms with E-state index >= 15 is 0 Å². The fourth-order valence-electron chi connectivity index (χ4n) is 4.54. The maximum atomic E-state index is 13.5. The van der Waals surface area contributed by atoms with Crippen LogP contribution >= 0.6 is 0 Å². The standard InChI is InChI=1S/C26H22F2N6O3/c1-2-4-21(35)33-10-3-5-15(14-33)23-22-24(25(29)30-31-26(22)36)34(32-23)18-6-8-19(9-7-18)37-20-12-16(27)11-17(28)13-20/h6-9,11-13,15H,3,5,10,14H2,1H3,(H2,29,30)(H,31,36)/t15-/m1/s1. The van der Waals surface area contributed by atoms with E-state index < -0.39 is 17.2 Å². The van der Waals surface area contributed by atoms with Crippen LogP contribution < -0.4 is 16.0 Å². The van der Waals surface area contributed by atoms with Gasteiger partial charge in [0.05, 0.1) is 16.8 Å². The van der Waals surface area contributed by atoms with Crippen molar-refractivity contribution in [3.8, 4) is 29.0 Å². The van der Waals surface area contributed by atoms with E-state index in [1.54, 1.807) is 36.1 Å². The molecule has 5 rings (SSSR count). The summed E-state index contributed by atoms with van der Waals surface area (Å²) < 4.78 is 34.1. The molecule has 1 aliphatic heterocycles. The molecular formula is C26H22F2N6O3. The second-order valence-corrected chi connectivity index (χ2v) is 8.63. The third-order valence-corrected chi connectivity index (χ3v) is 6.14. The number of nitrogen functional groups attached to an aromatic ring is 1. The van der Waals surface area contributed by atoms with E-state index in [0.717, 1.165) is 31.0 Å². The number of halogens is 2. The number of likely N-dealkylation sites (tertiary alicyclic amines) is 1. The molecule has 1 amide bonds. The number of fused-ring (bicyclic) bond motifs is 1. The Morgan fingerprint density at radius 1 is 1.16 bits per heavy atom. The van der Waals surface area contributed by atoms with Gasteiger partial charge in [0.15, 0.2) is 5.82 Å². The van der Waals surface area contributed by atoms with Gasteiger partial charge in [-0.1, -0.05) is 5.92 Å². The fraction of sp³-hybridized carbons (Fsp3) is 0.231. The summed E-state index contributed by atoms with van der Waals surface area (Å²) in [6, 6.07) is 9.47. The largest absolute Gasteiger partial charge is 0.457 e. The zero-order valence-electron chi connectivity index (χ0n) is 19.8. The van der Waals surface area contributed by atoms with Crippen LogP contribution in [0.1, 0.15) is 31.4 Å². The van der Waals surface area contributed by atoms with Crippen molar-refractivity contribution in [1.29, 1.82) is 0 Å². The van der Waals surface area contributed by atoms with Gasteiger partial charge in [-0.05, 0) is 50.0 Å². The van der Waals surface area contributed by atoms with Gasteiger partial charge >= 0.3 is 0 Å². The van der Waals surface area contributed by atoms with E-state index in [9.17, 15) is 18.4 Å². The Hall–Kier alpha value is -4.72. The molecule has 3 heterocycles. The molecule has 2 aromatic heterocycles. The van der Waals surface area contributed by atoms with Crippen LogP contribution in [-0.4, -0.2) is 43.9 Å². The summed E-state index contributed by atoms with van der Waals surface area (Å²) in [4.78, 5) is 26.9. The first-order chi connectivity index (χ1) is 17.8. The molecule has 37 heavy (non-hydrogen) atoms. The molecular weight excluding hydrogens is 482 g/mol. The molecule has 3 N–H and O–H groups in total. The predicted molar refractivity (Wildman–Crippen MR) is 132 cm³/mol. The maximum Gasteiger partial charge on any atom is 0.298 e. The number of ether oxygens (including phenoxy) is 1. The molecule has 0 radical (unpaired) electrons. The van der Waals surface area contributed by atoms with Gasteiger partial charge < -0.3 is 15.4 Å². The lowest BCUT2D eigenvalue weighted by Crippen LogP contribution is -2.38. The summed E-state index contributed by atoms with van der Waals surface area (Å²) >= 11 is 0. The number of benzene rings is 2. The molecule has 0 unspecified atom stereocenters. The lowest BCUT2D eigenvalue weighted by Gasteiger charge is -2.30. The predicted octanol–water partition coefficient (Wildman–Crippen LogP) is 3.49. The van der Waals surface area contributed by atoms with Crippen molar-refractivity contribution in [3.05, 3.63) is 70.1 Å². The first kappa shape index (κ1) is 24.0. The van der Waals surface area contributed by atoms with Gasteiger partial charge in [0.25, 0.3) is 11.5 Å². The minimum Gasteiger partial charge on any atom is -0.457 e. The molecule has 1 fully saturated rings. The highest BCUT2D eigenvalue weighted by Gasteiger charge is 2.30. The van der Waals surface area contributed by atoms with Crippen LogP contribution in [-0.2, 0) is 4.79 Å². The van der Waals surface area contributed by atoms with Crippen LogP contribution in [0, 0.1) is 23.5 Å². The van der Waals surface area contributed by atoms with E-state index in [1.807, 2.05) is 0 Å². The van der Waals surface area contributed by atoms with E-state index in [4.69, 9.17) is 15.6 Å². The summed E-state index contributed by atoms with van der Waals surface area (Å²) in [7, 11) is 0. The number of aromatic amines is 1. The monoisotopic (exact) mass is 504 g/mol. The highest BCUT2D eigenvalue weighted by molar-refractivity contribution is 5.94. The first-order valence-electron chi connectivity index (χ1n) is 11.6. The number of carbonyl (C=O) groups excluding carboxylic acids is 1. The van der Waals surface area contributed by atoms with Crippen LogP contribution in [0.4, 0.5) is 14.6 Å². The van der Waals surface area contributed by atoms with E-state index in [1.165, 1.54) is 4.68 Å².